The van der Waals surface area contributed by atoms with Crippen molar-refractivity contribution >= 4 is 67.8 Å². The molecule has 84 valence electrons. The van der Waals surface area contributed by atoms with Crippen molar-refractivity contribution in [3.8, 4) is 0 Å². The maximum Gasteiger partial charge on any atom is 0.294 e. The van der Waals surface area contributed by atoms with Crippen LogP contribution in [-0.2, 0) is 2.51 Å². The Bertz CT molecular complexity index is 559. The summed E-state index contributed by atoms with van der Waals surface area (Å²) in [7, 11) is 0. The van der Waals surface area contributed by atoms with E-state index in [0.29, 0.717) is 5.52 Å². The zero-order chi connectivity index (χ0) is 11.7. The molecule has 0 bridgehead atoms. The Labute approximate surface area is 117 Å². The molecule has 16 heavy (non-hydrogen) atoms. The molecule has 0 aliphatic carbocycles. The third-order valence-electron chi connectivity index (χ3n) is 2.03. The molecular weight excluding hydrogens is 411 g/mol. The van der Waals surface area contributed by atoms with Gasteiger partial charge in [0.2, 0.25) is 0 Å². The number of fused-ring (bicyclic) bond motifs is 1. The minimum absolute atomic E-state index is 0.0594. The van der Waals surface area contributed by atoms with Crippen molar-refractivity contribution in [2.75, 3.05) is 0 Å². The second kappa shape index (κ2) is 4.90. The van der Waals surface area contributed by atoms with E-state index in [9.17, 15) is 10.1 Å². The van der Waals surface area contributed by atoms with Crippen LogP contribution in [0.1, 0.15) is 0 Å². The fraction of sp³-hybridized carbons (Fsp3) is 0. The predicted octanol–water partition coefficient (Wildman–Crippen LogP) is 4.09. The number of para-hydroxylation sites is 1. The number of benzene rings is 1. The van der Waals surface area contributed by atoms with Gasteiger partial charge in [0.25, 0.3) is 5.69 Å². The number of nitro benzene ring substituents is 1. The van der Waals surface area contributed by atoms with Crippen LogP contribution in [0, 0.1) is 10.1 Å². The van der Waals surface area contributed by atoms with Crippen molar-refractivity contribution in [2.45, 2.75) is 0 Å². The first kappa shape index (κ1) is 12.1. The van der Waals surface area contributed by atoms with E-state index in [1.54, 1.807) is 39.2 Å². The summed E-state index contributed by atoms with van der Waals surface area (Å²) in [5.41, 5.74) is 0.588. The predicted molar refractivity (Wildman–Crippen MR) is 74.4 cm³/mol. The Morgan fingerprint density at radius 3 is 2.94 bits per heavy atom. The SMILES string of the molecule is O=[N+]([O-])c1cccc2c(Br)cn(SOI)c12. The average molecular weight is 415 g/mol. The van der Waals surface area contributed by atoms with Gasteiger partial charge in [-0.05, 0) is 15.9 Å². The van der Waals surface area contributed by atoms with Crippen molar-refractivity contribution in [1.82, 2.24) is 3.97 Å². The van der Waals surface area contributed by atoms with Crippen LogP contribution < -0.4 is 0 Å². The monoisotopic (exact) mass is 414 g/mol. The lowest BCUT2D eigenvalue weighted by Gasteiger charge is -2.00. The van der Waals surface area contributed by atoms with E-state index < -0.39 is 4.92 Å². The normalized spacial score (nSPS) is 10.9. The summed E-state index contributed by atoms with van der Waals surface area (Å²) >= 11 is 6.10. The van der Waals surface area contributed by atoms with Crippen molar-refractivity contribution < 1.29 is 7.44 Å². The molecule has 0 aliphatic heterocycles. The van der Waals surface area contributed by atoms with Crippen LogP contribution in [0.4, 0.5) is 5.69 Å². The zero-order valence-electron chi connectivity index (χ0n) is 7.59. The number of nitro groups is 1. The smallest absolute Gasteiger partial charge is 0.259 e. The number of nitrogens with zero attached hydrogens (tertiary/aromatic N) is 2. The Morgan fingerprint density at radius 2 is 2.31 bits per heavy atom. The van der Waals surface area contributed by atoms with E-state index in [4.69, 9.17) is 2.51 Å². The van der Waals surface area contributed by atoms with Gasteiger partial charge in [-0.1, -0.05) is 12.1 Å². The summed E-state index contributed by atoms with van der Waals surface area (Å²) in [5.74, 6) is 0. The fourth-order valence-corrected chi connectivity index (χ4v) is 3.08. The number of hydrogen-bond acceptors (Lipinski definition) is 4. The molecule has 0 saturated carbocycles. The number of hydrogen-bond donors (Lipinski definition) is 0. The van der Waals surface area contributed by atoms with Crippen LogP contribution >= 0.6 is 51.2 Å². The van der Waals surface area contributed by atoms with Gasteiger partial charge in [-0.25, -0.2) is 2.51 Å². The molecule has 0 saturated heterocycles. The van der Waals surface area contributed by atoms with E-state index in [1.807, 2.05) is 6.07 Å². The summed E-state index contributed by atoms with van der Waals surface area (Å²) < 4.78 is 7.30. The van der Waals surface area contributed by atoms with Gasteiger partial charge in [-0.2, -0.15) is 0 Å². The van der Waals surface area contributed by atoms with Gasteiger partial charge in [0.1, 0.15) is 40.8 Å². The third kappa shape index (κ3) is 2.06. The van der Waals surface area contributed by atoms with E-state index in [2.05, 4.69) is 15.9 Å². The second-order valence-corrected chi connectivity index (χ2v) is 5.47. The zero-order valence-corrected chi connectivity index (χ0v) is 12.2. The molecule has 8 heteroatoms. The van der Waals surface area contributed by atoms with E-state index >= 15 is 0 Å². The molecule has 0 fully saturated rings. The maximum atomic E-state index is 10.9. The van der Waals surface area contributed by atoms with Crippen LogP contribution in [0.25, 0.3) is 10.9 Å². The Balaban J connectivity index is 2.77. The quantitative estimate of drug-likeness (QED) is 0.328. The van der Waals surface area contributed by atoms with Gasteiger partial charge in [-0.15, -0.1) is 0 Å². The molecule has 2 rings (SSSR count). The van der Waals surface area contributed by atoms with Gasteiger partial charge >= 0.3 is 0 Å². The molecule has 0 spiro atoms. The highest BCUT2D eigenvalue weighted by molar-refractivity contribution is 14.1. The molecule has 0 N–H and O–H groups in total. The first-order valence-electron chi connectivity index (χ1n) is 4.05. The largest absolute Gasteiger partial charge is 0.294 e. The molecule has 0 amide bonds. The molecular formula is C8H4BrIN2O3S. The molecule has 1 heterocycles. The van der Waals surface area contributed by atoms with Crippen LogP contribution in [0.3, 0.4) is 0 Å². The minimum Gasteiger partial charge on any atom is -0.259 e. The summed E-state index contributed by atoms with van der Waals surface area (Å²) in [6, 6.07) is 4.95. The van der Waals surface area contributed by atoms with Crippen molar-refractivity contribution in [1.29, 1.82) is 0 Å². The lowest BCUT2D eigenvalue weighted by Crippen LogP contribution is -1.92. The number of halogens is 2. The number of aromatic nitrogens is 1. The molecule has 0 aliphatic rings. The molecule has 2 aromatic rings. The maximum absolute atomic E-state index is 10.9. The molecule has 1 aromatic heterocycles. The second-order valence-electron chi connectivity index (χ2n) is 2.87. The van der Waals surface area contributed by atoms with Crippen molar-refractivity contribution in [2.24, 2.45) is 0 Å². The van der Waals surface area contributed by atoms with Crippen molar-refractivity contribution in [3.05, 3.63) is 39.0 Å². The fourth-order valence-electron chi connectivity index (χ4n) is 1.43. The average Bonchev–Trinajstić information content (AvgIpc) is 2.57. The first-order chi connectivity index (χ1) is 7.65. The minimum atomic E-state index is -0.404. The number of rotatable bonds is 3. The molecule has 0 radical (unpaired) electrons. The molecule has 5 nitrogen and oxygen atoms in total. The lowest BCUT2D eigenvalue weighted by atomic mass is 10.2. The summed E-state index contributed by atoms with van der Waals surface area (Å²) in [6.07, 6.45) is 1.74. The van der Waals surface area contributed by atoms with E-state index in [0.717, 1.165) is 22.1 Å². The summed E-state index contributed by atoms with van der Waals surface area (Å²) in [6.45, 7) is 0. The Morgan fingerprint density at radius 1 is 1.56 bits per heavy atom. The molecule has 0 unspecified atom stereocenters. The van der Waals surface area contributed by atoms with Crippen LogP contribution in [0.15, 0.2) is 28.9 Å². The third-order valence-corrected chi connectivity index (χ3v) is 3.65. The standard InChI is InChI=1S/C8H4BrIN2O3S/c9-6-4-11(16-15-10)8-5(6)2-1-3-7(8)12(13)14/h1-4H. The first-order valence-corrected chi connectivity index (χ1v) is 6.42. The van der Waals surface area contributed by atoms with E-state index in [1.165, 1.54) is 6.07 Å². The topological polar surface area (TPSA) is 57.3 Å². The molecule has 0 atom stereocenters. The Hall–Kier alpha value is -0.320. The van der Waals surface area contributed by atoms with Crippen LogP contribution in [-0.4, -0.2) is 8.90 Å². The van der Waals surface area contributed by atoms with Crippen LogP contribution in [0.5, 0.6) is 0 Å². The Kier molecular flexibility index (Phi) is 3.72. The van der Waals surface area contributed by atoms with Crippen molar-refractivity contribution in [3.63, 3.8) is 0 Å². The van der Waals surface area contributed by atoms with Gasteiger partial charge in [0.05, 0.1) is 4.92 Å². The summed E-state index contributed by atoms with van der Waals surface area (Å²) in [5, 5.41) is 11.7. The van der Waals surface area contributed by atoms with Gasteiger partial charge < -0.3 is 0 Å². The van der Waals surface area contributed by atoms with E-state index in [-0.39, 0.29) is 5.69 Å². The number of non-ortho nitro benzene ring substituents is 1. The highest BCUT2D eigenvalue weighted by Gasteiger charge is 2.18. The highest BCUT2D eigenvalue weighted by atomic mass is 127. The highest BCUT2D eigenvalue weighted by Crippen LogP contribution is 2.35. The van der Waals surface area contributed by atoms with Crippen LogP contribution in [0.2, 0.25) is 0 Å². The lowest BCUT2D eigenvalue weighted by molar-refractivity contribution is -0.383. The van der Waals surface area contributed by atoms with Gasteiger partial charge in [0.15, 0.2) is 0 Å². The molecule has 1 aromatic carbocycles. The van der Waals surface area contributed by atoms with Gasteiger partial charge in [0, 0.05) is 22.1 Å². The summed E-state index contributed by atoms with van der Waals surface area (Å²) in [4.78, 5) is 10.5. The van der Waals surface area contributed by atoms with Gasteiger partial charge in [-0.3, -0.25) is 14.1 Å².